The summed E-state index contributed by atoms with van der Waals surface area (Å²) in [5.74, 6) is -0.630. The van der Waals surface area contributed by atoms with Crippen molar-refractivity contribution in [2.75, 3.05) is 20.2 Å². The second-order valence-corrected chi connectivity index (χ2v) is 7.00. The number of hydrogen-bond donors (Lipinski definition) is 1. The molecule has 0 amide bonds. The highest BCUT2D eigenvalue weighted by molar-refractivity contribution is 5.85. The van der Waals surface area contributed by atoms with Crippen LogP contribution in [0.3, 0.4) is 0 Å². The highest BCUT2D eigenvalue weighted by atomic mass is 16.5. The van der Waals surface area contributed by atoms with Crippen LogP contribution in [0, 0.1) is 0 Å². The molecule has 0 unspecified atom stereocenters. The van der Waals surface area contributed by atoms with Gasteiger partial charge in [0, 0.05) is 12.6 Å². The second-order valence-electron chi connectivity index (χ2n) is 7.00. The number of aliphatic hydroxyl groups is 1. The fraction of sp³-hybridized carbons (Fsp3) is 0.409. The summed E-state index contributed by atoms with van der Waals surface area (Å²) in [5.41, 5.74) is -0.769. The molecule has 0 atom stereocenters. The lowest BCUT2D eigenvalue weighted by Gasteiger charge is -2.28. The summed E-state index contributed by atoms with van der Waals surface area (Å²) < 4.78 is 5.52. The van der Waals surface area contributed by atoms with Crippen LogP contribution >= 0.6 is 0 Å². The van der Waals surface area contributed by atoms with Crippen molar-refractivity contribution in [1.82, 2.24) is 4.90 Å². The standard InChI is InChI=1S/C22H27NO3/c1-23(20-14-8-9-15-20)16-17-26-21(24)22(25,18-10-4-2-5-11-18)19-12-6-3-7-13-19/h2-7,10-13,20,25H,8-9,14-17H2,1H3. The molecule has 1 saturated carbocycles. The molecule has 0 spiro atoms. The Morgan fingerprint density at radius 2 is 1.54 bits per heavy atom. The normalized spacial score (nSPS) is 15.3. The second kappa shape index (κ2) is 8.47. The third-order valence-electron chi connectivity index (χ3n) is 5.30. The zero-order chi connectivity index (χ0) is 18.4. The van der Waals surface area contributed by atoms with Crippen LogP contribution in [0.4, 0.5) is 0 Å². The van der Waals surface area contributed by atoms with Crippen molar-refractivity contribution < 1.29 is 14.6 Å². The lowest BCUT2D eigenvalue weighted by atomic mass is 9.86. The molecule has 0 heterocycles. The van der Waals surface area contributed by atoms with E-state index in [1.165, 1.54) is 25.7 Å². The van der Waals surface area contributed by atoms with E-state index in [1.807, 2.05) is 36.4 Å². The van der Waals surface area contributed by atoms with E-state index in [2.05, 4.69) is 11.9 Å². The molecule has 0 radical (unpaired) electrons. The first kappa shape index (κ1) is 18.6. The van der Waals surface area contributed by atoms with E-state index in [1.54, 1.807) is 24.3 Å². The van der Waals surface area contributed by atoms with Crippen molar-refractivity contribution in [3.05, 3.63) is 71.8 Å². The number of likely N-dealkylation sites (N-methyl/N-ethyl adjacent to an activating group) is 1. The largest absolute Gasteiger partial charge is 0.462 e. The minimum absolute atomic E-state index is 0.272. The summed E-state index contributed by atoms with van der Waals surface area (Å²) in [4.78, 5) is 15.1. The number of benzene rings is 2. The van der Waals surface area contributed by atoms with E-state index >= 15 is 0 Å². The van der Waals surface area contributed by atoms with Gasteiger partial charge >= 0.3 is 5.97 Å². The zero-order valence-corrected chi connectivity index (χ0v) is 15.3. The average Bonchev–Trinajstić information content (AvgIpc) is 3.23. The van der Waals surface area contributed by atoms with Crippen LogP contribution in [0.15, 0.2) is 60.7 Å². The topological polar surface area (TPSA) is 49.8 Å². The molecule has 138 valence electrons. The molecular weight excluding hydrogens is 326 g/mol. The molecule has 0 saturated heterocycles. The summed E-state index contributed by atoms with van der Waals surface area (Å²) in [6.07, 6.45) is 4.97. The number of rotatable bonds is 7. The van der Waals surface area contributed by atoms with Crippen molar-refractivity contribution in [3.63, 3.8) is 0 Å². The smallest absolute Gasteiger partial charge is 0.347 e. The molecular formula is C22H27NO3. The molecule has 1 fully saturated rings. The van der Waals surface area contributed by atoms with Gasteiger partial charge in [-0.25, -0.2) is 4.79 Å². The summed E-state index contributed by atoms with van der Waals surface area (Å²) in [6.45, 7) is 0.948. The summed E-state index contributed by atoms with van der Waals surface area (Å²) in [5, 5.41) is 11.3. The van der Waals surface area contributed by atoms with E-state index in [-0.39, 0.29) is 6.61 Å². The first-order valence-electron chi connectivity index (χ1n) is 9.33. The molecule has 4 nitrogen and oxygen atoms in total. The molecule has 1 N–H and O–H groups in total. The van der Waals surface area contributed by atoms with Crippen LogP contribution in [-0.4, -0.2) is 42.2 Å². The van der Waals surface area contributed by atoms with Gasteiger partial charge in [0.2, 0.25) is 5.60 Å². The lowest BCUT2D eigenvalue weighted by Crippen LogP contribution is -2.40. The van der Waals surface area contributed by atoms with Crippen LogP contribution in [-0.2, 0) is 15.1 Å². The number of carbonyl (C=O) groups is 1. The highest BCUT2D eigenvalue weighted by Gasteiger charge is 2.41. The third kappa shape index (κ3) is 3.97. The Morgan fingerprint density at radius 3 is 2.04 bits per heavy atom. The Kier molecular flexibility index (Phi) is 6.07. The van der Waals surface area contributed by atoms with Gasteiger partial charge in [-0.3, -0.25) is 0 Å². The van der Waals surface area contributed by atoms with Crippen LogP contribution in [0.5, 0.6) is 0 Å². The number of esters is 1. The van der Waals surface area contributed by atoms with Gasteiger partial charge in [-0.15, -0.1) is 0 Å². The Bertz CT molecular complexity index is 656. The fourth-order valence-electron chi connectivity index (χ4n) is 3.68. The van der Waals surface area contributed by atoms with Crippen molar-refractivity contribution in [2.45, 2.75) is 37.3 Å². The Labute approximate surface area is 155 Å². The minimum Gasteiger partial charge on any atom is -0.462 e. The predicted octanol–water partition coefficient (Wildman–Crippen LogP) is 3.34. The van der Waals surface area contributed by atoms with Gasteiger partial charge in [0.25, 0.3) is 0 Å². The Balaban J connectivity index is 1.71. The SMILES string of the molecule is CN(CCOC(=O)C(O)(c1ccccc1)c1ccccc1)C1CCCC1. The van der Waals surface area contributed by atoms with Crippen molar-refractivity contribution in [2.24, 2.45) is 0 Å². The average molecular weight is 353 g/mol. The van der Waals surface area contributed by atoms with E-state index in [0.717, 1.165) is 0 Å². The van der Waals surface area contributed by atoms with Crippen molar-refractivity contribution in [1.29, 1.82) is 0 Å². The zero-order valence-electron chi connectivity index (χ0n) is 15.3. The van der Waals surface area contributed by atoms with Crippen molar-refractivity contribution in [3.8, 4) is 0 Å². The third-order valence-corrected chi connectivity index (χ3v) is 5.30. The molecule has 26 heavy (non-hydrogen) atoms. The van der Waals surface area contributed by atoms with Crippen LogP contribution < -0.4 is 0 Å². The van der Waals surface area contributed by atoms with E-state index < -0.39 is 11.6 Å². The van der Waals surface area contributed by atoms with E-state index in [9.17, 15) is 9.90 Å². The van der Waals surface area contributed by atoms with E-state index in [4.69, 9.17) is 4.74 Å². The molecule has 4 heteroatoms. The maximum Gasteiger partial charge on any atom is 0.347 e. The Hall–Kier alpha value is -2.17. The summed E-state index contributed by atoms with van der Waals surface area (Å²) in [6, 6.07) is 18.5. The molecule has 1 aliphatic carbocycles. The maximum atomic E-state index is 12.9. The molecule has 1 aliphatic rings. The first-order chi connectivity index (χ1) is 12.6. The lowest BCUT2D eigenvalue weighted by molar-refractivity contribution is -0.162. The van der Waals surface area contributed by atoms with Gasteiger partial charge in [-0.2, -0.15) is 0 Å². The van der Waals surface area contributed by atoms with E-state index in [0.29, 0.717) is 23.7 Å². The number of carbonyl (C=O) groups excluding carboxylic acids is 1. The molecule has 3 rings (SSSR count). The van der Waals surface area contributed by atoms with Crippen LogP contribution in [0.2, 0.25) is 0 Å². The van der Waals surface area contributed by atoms with Crippen LogP contribution in [0.1, 0.15) is 36.8 Å². The molecule has 2 aromatic carbocycles. The predicted molar refractivity (Wildman–Crippen MR) is 102 cm³/mol. The van der Waals surface area contributed by atoms with Gasteiger partial charge in [0.15, 0.2) is 0 Å². The fourth-order valence-corrected chi connectivity index (χ4v) is 3.68. The summed E-state index contributed by atoms with van der Waals surface area (Å²) in [7, 11) is 2.07. The Morgan fingerprint density at radius 1 is 1.04 bits per heavy atom. The highest BCUT2D eigenvalue weighted by Crippen LogP contribution is 2.31. The van der Waals surface area contributed by atoms with Gasteiger partial charge < -0.3 is 14.7 Å². The van der Waals surface area contributed by atoms with Crippen LogP contribution in [0.25, 0.3) is 0 Å². The molecule has 0 bridgehead atoms. The quantitative estimate of drug-likeness (QED) is 0.776. The van der Waals surface area contributed by atoms with Crippen molar-refractivity contribution >= 4 is 5.97 Å². The van der Waals surface area contributed by atoms with Gasteiger partial charge in [-0.1, -0.05) is 73.5 Å². The first-order valence-corrected chi connectivity index (χ1v) is 9.33. The van der Waals surface area contributed by atoms with Gasteiger partial charge in [0.1, 0.15) is 6.61 Å². The number of ether oxygens (including phenoxy) is 1. The monoisotopic (exact) mass is 353 g/mol. The molecule has 0 aromatic heterocycles. The minimum atomic E-state index is -1.80. The van der Waals surface area contributed by atoms with Gasteiger partial charge in [0.05, 0.1) is 0 Å². The van der Waals surface area contributed by atoms with Gasteiger partial charge in [-0.05, 0) is 31.0 Å². The maximum absolute atomic E-state index is 12.9. The summed E-state index contributed by atoms with van der Waals surface area (Å²) >= 11 is 0. The number of hydrogen-bond acceptors (Lipinski definition) is 4. The molecule has 2 aromatic rings. The molecule has 0 aliphatic heterocycles. The number of nitrogens with zero attached hydrogens (tertiary/aromatic N) is 1.